The zero-order chi connectivity index (χ0) is 15.2. The van der Waals surface area contributed by atoms with Crippen molar-refractivity contribution in [2.75, 3.05) is 17.2 Å². The first-order valence-corrected chi connectivity index (χ1v) is 7.87. The SMILES string of the molecule is CC(C)CCNc1cc(Cl)c(Cl)cc1Nc1ccccc1. The van der Waals surface area contributed by atoms with Crippen LogP contribution in [0.1, 0.15) is 20.3 Å². The molecular formula is C17H20Cl2N2. The highest BCUT2D eigenvalue weighted by atomic mass is 35.5. The molecule has 2 aromatic rings. The van der Waals surface area contributed by atoms with Crippen molar-refractivity contribution in [1.29, 1.82) is 0 Å². The van der Waals surface area contributed by atoms with Gasteiger partial charge in [0.2, 0.25) is 0 Å². The number of hydrogen-bond acceptors (Lipinski definition) is 2. The summed E-state index contributed by atoms with van der Waals surface area (Å²) in [4.78, 5) is 0. The van der Waals surface area contributed by atoms with Crippen LogP contribution in [0.4, 0.5) is 17.1 Å². The van der Waals surface area contributed by atoms with Gasteiger partial charge >= 0.3 is 0 Å². The van der Waals surface area contributed by atoms with Gasteiger partial charge in [0.05, 0.1) is 21.4 Å². The molecule has 0 aliphatic carbocycles. The number of halogens is 2. The fourth-order valence-corrected chi connectivity index (χ4v) is 2.30. The monoisotopic (exact) mass is 322 g/mol. The summed E-state index contributed by atoms with van der Waals surface area (Å²) in [5.41, 5.74) is 2.91. The molecule has 0 aliphatic heterocycles. The van der Waals surface area contributed by atoms with Crippen LogP contribution in [0.3, 0.4) is 0 Å². The van der Waals surface area contributed by atoms with E-state index in [0.29, 0.717) is 16.0 Å². The van der Waals surface area contributed by atoms with Gasteiger partial charge in [-0.15, -0.1) is 0 Å². The van der Waals surface area contributed by atoms with E-state index in [0.717, 1.165) is 30.0 Å². The maximum Gasteiger partial charge on any atom is 0.0636 e. The van der Waals surface area contributed by atoms with Gasteiger partial charge in [0.25, 0.3) is 0 Å². The third kappa shape index (κ3) is 4.83. The summed E-state index contributed by atoms with van der Waals surface area (Å²) in [5.74, 6) is 0.658. The number of rotatable bonds is 6. The Labute approximate surface area is 136 Å². The maximum atomic E-state index is 6.14. The zero-order valence-electron chi connectivity index (χ0n) is 12.3. The Morgan fingerprint density at radius 3 is 2.19 bits per heavy atom. The van der Waals surface area contributed by atoms with Crippen LogP contribution in [0.25, 0.3) is 0 Å². The minimum Gasteiger partial charge on any atom is -0.383 e. The number of hydrogen-bond donors (Lipinski definition) is 2. The molecule has 0 saturated heterocycles. The van der Waals surface area contributed by atoms with Crippen molar-refractivity contribution in [1.82, 2.24) is 0 Å². The first kappa shape index (κ1) is 16.0. The molecule has 2 rings (SSSR count). The highest BCUT2D eigenvalue weighted by molar-refractivity contribution is 6.42. The predicted octanol–water partition coefficient (Wildman–Crippen LogP) is 6.20. The van der Waals surface area contributed by atoms with E-state index >= 15 is 0 Å². The average molecular weight is 323 g/mol. The Hall–Kier alpha value is -1.38. The Bertz CT molecular complexity index is 583. The molecule has 2 N–H and O–H groups in total. The number of benzene rings is 2. The standard InChI is InChI=1S/C17H20Cl2N2/c1-12(2)8-9-20-16-10-14(18)15(19)11-17(16)21-13-6-4-3-5-7-13/h3-7,10-12,20-21H,8-9H2,1-2H3. The summed E-state index contributed by atoms with van der Waals surface area (Å²) in [6.07, 6.45) is 1.10. The molecule has 21 heavy (non-hydrogen) atoms. The van der Waals surface area contributed by atoms with E-state index in [1.807, 2.05) is 42.5 Å². The first-order valence-electron chi connectivity index (χ1n) is 7.11. The van der Waals surface area contributed by atoms with Crippen molar-refractivity contribution < 1.29 is 0 Å². The van der Waals surface area contributed by atoms with E-state index in [1.165, 1.54) is 0 Å². The summed E-state index contributed by atoms with van der Waals surface area (Å²) < 4.78 is 0. The van der Waals surface area contributed by atoms with Crippen LogP contribution in [0, 0.1) is 5.92 Å². The molecule has 0 bridgehead atoms. The molecule has 2 nitrogen and oxygen atoms in total. The number of nitrogens with one attached hydrogen (secondary N) is 2. The second-order valence-corrected chi connectivity index (χ2v) is 6.23. The quantitative estimate of drug-likeness (QED) is 0.662. The molecule has 0 aliphatic rings. The lowest BCUT2D eigenvalue weighted by molar-refractivity contribution is 0.607. The van der Waals surface area contributed by atoms with Crippen LogP contribution < -0.4 is 10.6 Å². The maximum absolute atomic E-state index is 6.14. The minimum absolute atomic E-state index is 0.546. The van der Waals surface area contributed by atoms with Crippen molar-refractivity contribution in [3.05, 3.63) is 52.5 Å². The lowest BCUT2D eigenvalue weighted by Gasteiger charge is -2.16. The molecule has 0 heterocycles. The van der Waals surface area contributed by atoms with E-state index in [4.69, 9.17) is 23.2 Å². The normalized spacial score (nSPS) is 10.7. The summed E-state index contributed by atoms with van der Waals surface area (Å²) in [5, 5.41) is 7.90. The topological polar surface area (TPSA) is 24.1 Å². The van der Waals surface area contributed by atoms with Gasteiger partial charge in [-0.1, -0.05) is 55.2 Å². The Morgan fingerprint density at radius 2 is 1.57 bits per heavy atom. The van der Waals surface area contributed by atoms with E-state index < -0.39 is 0 Å². The molecule has 0 aromatic heterocycles. The summed E-state index contributed by atoms with van der Waals surface area (Å²) in [7, 11) is 0. The first-order chi connectivity index (χ1) is 10.1. The van der Waals surface area contributed by atoms with Crippen LogP contribution >= 0.6 is 23.2 Å². The fraction of sp³-hybridized carbons (Fsp3) is 0.294. The van der Waals surface area contributed by atoms with Crippen molar-refractivity contribution in [2.24, 2.45) is 5.92 Å². The highest BCUT2D eigenvalue weighted by Crippen LogP contribution is 2.34. The molecule has 112 valence electrons. The van der Waals surface area contributed by atoms with E-state index in [-0.39, 0.29) is 0 Å². The van der Waals surface area contributed by atoms with Gasteiger partial charge in [0, 0.05) is 12.2 Å². The predicted molar refractivity (Wildman–Crippen MR) is 94.1 cm³/mol. The average Bonchev–Trinajstić information content (AvgIpc) is 2.45. The van der Waals surface area contributed by atoms with Crippen molar-refractivity contribution in [3.8, 4) is 0 Å². The zero-order valence-corrected chi connectivity index (χ0v) is 13.8. The number of para-hydroxylation sites is 1. The second kappa shape index (κ2) is 7.58. The van der Waals surface area contributed by atoms with Crippen LogP contribution in [-0.2, 0) is 0 Å². The van der Waals surface area contributed by atoms with Gasteiger partial charge in [-0.3, -0.25) is 0 Å². The molecule has 2 aromatic carbocycles. The van der Waals surface area contributed by atoms with Crippen LogP contribution in [0.15, 0.2) is 42.5 Å². The molecule has 0 spiro atoms. The Balaban J connectivity index is 2.19. The van der Waals surface area contributed by atoms with Gasteiger partial charge in [0.1, 0.15) is 0 Å². The number of anilines is 3. The van der Waals surface area contributed by atoms with E-state index in [9.17, 15) is 0 Å². The fourth-order valence-electron chi connectivity index (χ4n) is 1.97. The van der Waals surface area contributed by atoms with Crippen LogP contribution in [0.2, 0.25) is 10.0 Å². The van der Waals surface area contributed by atoms with E-state index in [2.05, 4.69) is 24.5 Å². The highest BCUT2D eigenvalue weighted by Gasteiger charge is 2.08. The van der Waals surface area contributed by atoms with Crippen molar-refractivity contribution in [3.63, 3.8) is 0 Å². The third-order valence-corrected chi connectivity index (χ3v) is 3.87. The minimum atomic E-state index is 0.546. The third-order valence-electron chi connectivity index (χ3n) is 3.15. The van der Waals surface area contributed by atoms with Crippen molar-refractivity contribution >= 4 is 40.3 Å². The van der Waals surface area contributed by atoms with Crippen LogP contribution in [0.5, 0.6) is 0 Å². The Morgan fingerprint density at radius 1 is 0.952 bits per heavy atom. The Kier molecular flexibility index (Phi) is 5.77. The van der Waals surface area contributed by atoms with Gasteiger partial charge < -0.3 is 10.6 Å². The molecule has 0 fully saturated rings. The van der Waals surface area contributed by atoms with Gasteiger partial charge in [-0.25, -0.2) is 0 Å². The molecule has 0 saturated carbocycles. The smallest absolute Gasteiger partial charge is 0.0636 e. The molecule has 0 amide bonds. The van der Waals surface area contributed by atoms with Gasteiger partial charge in [-0.2, -0.15) is 0 Å². The van der Waals surface area contributed by atoms with Gasteiger partial charge in [-0.05, 0) is 36.6 Å². The molecule has 4 heteroatoms. The van der Waals surface area contributed by atoms with Crippen molar-refractivity contribution in [2.45, 2.75) is 20.3 Å². The second-order valence-electron chi connectivity index (χ2n) is 5.41. The lowest BCUT2D eigenvalue weighted by Crippen LogP contribution is -2.07. The largest absolute Gasteiger partial charge is 0.383 e. The van der Waals surface area contributed by atoms with Crippen LogP contribution in [-0.4, -0.2) is 6.54 Å². The molecule has 0 radical (unpaired) electrons. The summed E-state index contributed by atoms with van der Waals surface area (Å²) in [6.45, 7) is 5.32. The van der Waals surface area contributed by atoms with Gasteiger partial charge in [0.15, 0.2) is 0 Å². The molecule has 0 atom stereocenters. The summed E-state index contributed by atoms with van der Waals surface area (Å²) in [6, 6.07) is 13.7. The molecular weight excluding hydrogens is 303 g/mol. The molecule has 0 unspecified atom stereocenters. The lowest BCUT2D eigenvalue weighted by atomic mass is 10.1. The van der Waals surface area contributed by atoms with E-state index in [1.54, 1.807) is 0 Å². The summed E-state index contributed by atoms with van der Waals surface area (Å²) >= 11 is 12.3.